The number of esters is 1. The van der Waals surface area contributed by atoms with Crippen molar-refractivity contribution >= 4 is 22.4 Å². The standard InChI is InChI=1S/C23H21NO3/c1-15-11-17-8-10-19(12-21(17)20(15)13-23(25)26-2)27-14-18-9-7-16-5-3-4-6-22(16)24-18/h3-10,12H,11,13-14H2,1-2H3. The molecule has 0 saturated heterocycles. The van der Waals surface area contributed by atoms with Crippen LogP contribution in [0.4, 0.5) is 0 Å². The van der Waals surface area contributed by atoms with Gasteiger partial charge < -0.3 is 9.47 Å². The first-order chi connectivity index (χ1) is 13.1. The monoisotopic (exact) mass is 359 g/mol. The van der Waals surface area contributed by atoms with Gasteiger partial charge in [-0.3, -0.25) is 4.79 Å². The number of para-hydroxylation sites is 1. The van der Waals surface area contributed by atoms with Crippen molar-refractivity contribution in [1.29, 1.82) is 0 Å². The van der Waals surface area contributed by atoms with Gasteiger partial charge in [0.15, 0.2) is 0 Å². The van der Waals surface area contributed by atoms with E-state index in [1.54, 1.807) is 0 Å². The molecule has 1 aromatic heterocycles. The summed E-state index contributed by atoms with van der Waals surface area (Å²) in [6, 6.07) is 18.2. The fraction of sp³-hybridized carbons (Fsp3) is 0.217. The normalized spacial score (nSPS) is 13.0. The minimum absolute atomic E-state index is 0.219. The minimum atomic E-state index is -0.219. The number of methoxy groups -OCH3 is 1. The molecule has 0 N–H and O–H groups in total. The molecule has 4 rings (SSSR count). The molecule has 0 unspecified atom stereocenters. The number of carbonyl (C=O) groups is 1. The van der Waals surface area contributed by atoms with Gasteiger partial charge in [0, 0.05) is 5.39 Å². The zero-order valence-electron chi connectivity index (χ0n) is 15.5. The predicted octanol–water partition coefficient (Wildman–Crippen LogP) is 4.71. The van der Waals surface area contributed by atoms with Crippen LogP contribution in [0.25, 0.3) is 16.5 Å². The Bertz CT molecular complexity index is 1050. The lowest BCUT2D eigenvalue weighted by Gasteiger charge is -2.10. The second-order valence-electron chi connectivity index (χ2n) is 6.79. The van der Waals surface area contributed by atoms with Gasteiger partial charge in [0.25, 0.3) is 0 Å². The molecular formula is C23H21NO3. The fourth-order valence-corrected chi connectivity index (χ4v) is 3.51. The van der Waals surface area contributed by atoms with Crippen LogP contribution in [0, 0.1) is 0 Å². The van der Waals surface area contributed by atoms with Crippen molar-refractivity contribution < 1.29 is 14.3 Å². The summed E-state index contributed by atoms with van der Waals surface area (Å²) in [5.41, 5.74) is 6.42. The molecular weight excluding hydrogens is 338 g/mol. The molecule has 3 aromatic rings. The molecule has 0 atom stereocenters. The van der Waals surface area contributed by atoms with Crippen molar-refractivity contribution in [2.24, 2.45) is 0 Å². The van der Waals surface area contributed by atoms with Crippen LogP contribution in [-0.2, 0) is 22.6 Å². The number of rotatable bonds is 5. The number of carbonyl (C=O) groups excluding carboxylic acids is 1. The summed E-state index contributed by atoms with van der Waals surface area (Å²) in [7, 11) is 1.42. The van der Waals surface area contributed by atoms with Crippen LogP contribution in [0.2, 0.25) is 0 Å². The number of fused-ring (bicyclic) bond motifs is 2. The Morgan fingerprint density at radius 3 is 2.81 bits per heavy atom. The highest BCUT2D eigenvalue weighted by Gasteiger charge is 2.22. The van der Waals surface area contributed by atoms with Gasteiger partial charge in [-0.2, -0.15) is 0 Å². The largest absolute Gasteiger partial charge is 0.487 e. The van der Waals surface area contributed by atoms with Gasteiger partial charge in [0.1, 0.15) is 12.4 Å². The summed E-state index contributed by atoms with van der Waals surface area (Å²) in [5, 5.41) is 1.12. The summed E-state index contributed by atoms with van der Waals surface area (Å²) in [6.45, 7) is 2.47. The molecule has 0 fully saturated rings. The maximum Gasteiger partial charge on any atom is 0.309 e. The van der Waals surface area contributed by atoms with Crippen molar-refractivity contribution in [2.75, 3.05) is 7.11 Å². The molecule has 136 valence electrons. The van der Waals surface area contributed by atoms with E-state index < -0.39 is 0 Å². The molecule has 1 aliphatic rings. The summed E-state index contributed by atoms with van der Waals surface area (Å²) >= 11 is 0. The van der Waals surface area contributed by atoms with E-state index >= 15 is 0 Å². The molecule has 2 aromatic carbocycles. The number of pyridine rings is 1. The lowest BCUT2D eigenvalue weighted by Crippen LogP contribution is -2.02. The number of ether oxygens (including phenoxy) is 2. The van der Waals surface area contributed by atoms with Gasteiger partial charge in [-0.25, -0.2) is 4.98 Å². The van der Waals surface area contributed by atoms with Gasteiger partial charge in [-0.1, -0.05) is 35.9 Å². The second kappa shape index (κ2) is 7.23. The number of allylic oxidation sites excluding steroid dienone is 1. The second-order valence-corrected chi connectivity index (χ2v) is 6.79. The Hall–Kier alpha value is -3.14. The molecule has 4 nitrogen and oxygen atoms in total. The van der Waals surface area contributed by atoms with Gasteiger partial charge in [-0.05, 0) is 54.3 Å². The maximum absolute atomic E-state index is 11.7. The summed E-state index contributed by atoms with van der Waals surface area (Å²) in [5.74, 6) is 0.560. The molecule has 0 bridgehead atoms. The van der Waals surface area contributed by atoms with Crippen LogP contribution < -0.4 is 4.74 Å². The Kier molecular flexibility index (Phi) is 4.63. The maximum atomic E-state index is 11.7. The first kappa shape index (κ1) is 17.3. The van der Waals surface area contributed by atoms with E-state index in [4.69, 9.17) is 9.47 Å². The SMILES string of the molecule is COC(=O)CC1=C(C)Cc2ccc(OCc3ccc4ccccc4n3)cc21. The number of hydrogen-bond acceptors (Lipinski definition) is 4. The third-order valence-electron chi connectivity index (χ3n) is 4.97. The molecule has 4 heteroatoms. The van der Waals surface area contributed by atoms with Crippen molar-refractivity contribution in [3.05, 3.63) is 77.0 Å². The van der Waals surface area contributed by atoms with Crippen molar-refractivity contribution in [1.82, 2.24) is 4.98 Å². The Balaban J connectivity index is 1.53. The van der Waals surface area contributed by atoms with E-state index in [2.05, 4.69) is 24.0 Å². The fourth-order valence-electron chi connectivity index (χ4n) is 3.51. The van der Waals surface area contributed by atoms with Crippen molar-refractivity contribution in [3.8, 4) is 5.75 Å². The molecule has 0 aliphatic heterocycles. The first-order valence-electron chi connectivity index (χ1n) is 9.00. The van der Waals surface area contributed by atoms with Gasteiger partial charge in [-0.15, -0.1) is 0 Å². The molecule has 1 heterocycles. The minimum Gasteiger partial charge on any atom is -0.487 e. The Morgan fingerprint density at radius 2 is 1.96 bits per heavy atom. The predicted molar refractivity (Wildman–Crippen MR) is 105 cm³/mol. The third kappa shape index (κ3) is 3.56. The number of hydrogen-bond donors (Lipinski definition) is 0. The highest BCUT2D eigenvalue weighted by atomic mass is 16.5. The summed E-state index contributed by atoms with van der Waals surface area (Å²) in [6.07, 6.45) is 1.17. The van der Waals surface area contributed by atoms with E-state index in [0.717, 1.165) is 39.9 Å². The van der Waals surface area contributed by atoms with Crippen LogP contribution in [0.3, 0.4) is 0 Å². The van der Waals surface area contributed by atoms with Gasteiger partial charge in [0.05, 0.1) is 24.7 Å². The molecule has 1 aliphatic carbocycles. The lowest BCUT2D eigenvalue weighted by atomic mass is 10.0. The third-order valence-corrected chi connectivity index (χ3v) is 4.97. The Morgan fingerprint density at radius 1 is 1.11 bits per heavy atom. The molecule has 0 radical (unpaired) electrons. The van der Waals surface area contributed by atoms with Crippen molar-refractivity contribution in [3.63, 3.8) is 0 Å². The quantitative estimate of drug-likeness (QED) is 0.619. The zero-order chi connectivity index (χ0) is 18.8. The summed E-state index contributed by atoms with van der Waals surface area (Å²) < 4.78 is 10.8. The van der Waals surface area contributed by atoms with Crippen LogP contribution in [0.5, 0.6) is 5.75 Å². The van der Waals surface area contributed by atoms with E-state index in [9.17, 15) is 4.79 Å². The number of aromatic nitrogens is 1. The summed E-state index contributed by atoms with van der Waals surface area (Å²) in [4.78, 5) is 16.4. The van der Waals surface area contributed by atoms with Crippen LogP contribution in [0.15, 0.2) is 60.2 Å². The average Bonchev–Trinajstić information content (AvgIpc) is 3.00. The topological polar surface area (TPSA) is 48.4 Å². The highest BCUT2D eigenvalue weighted by molar-refractivity contribution is 5.89. The van der Waals surface area contributed by atoms with Gasteiger partial charge >= 0.3 is 5.97 Å². The van der Waals surface area contributed by atoms with Crippen molar-refractivity contribution in [2.45, 2.75) is 26.4 Å². The molecule has 27 heavy (non-hydrogen) atoms. The zero-order valence-corrected chi connectivity index (χ0v) is 15.5. The van der Waals surface area contributed by atoms with E-state index in [0.29, 0.717) is 13.0 Å². The van der Waals surface area contributed by atoms with E-state index in [-0.39, 0.29) is 5.97 Å². The van der Waals surface area contributed by atoms with Crippen LogP contribution in [0.1, 0.15) is 30.2 Å². The molecule has 0 spiro atoms. The molecule has 0 saturated carbocycles. The molecule has 0 amide bonds. The number of nitrogens with zero attached hydrogens (tertiary/aromatic N) is 1. The first-order valence-corrected chi connectivity index (χ1v) is 9.00. The Labute approximate surface area is 158 Å². The van der Waals surface area contributed by atoms with Gasteiger partial charge in [0.2, 0.25) is 0 Å². The van der Waals surface area contributed by atoms with Crippen LogP contribution >= 0.6 is 0 Å². The average molecular weight is 359 g/mol. The van der Waals surface area contributed by atoms with Crippen LogP contribution in [-0.4, -0.2) is 18.1 Å². The highest BCUT2D eigenvalue weighted by Crippen LogP contribution is 2.37. The number of benzene rings is 2. The van der Waals surface area contributed by atoms with E-state index in [1.807, 2.05) is 42.5 Å². The smallest absolute Gasteiger partial charge is 0.309 e. The lowest BCUT2D eigenvalue weighted by molar-refractivity contribution is -0.139. The van der Waals surface area contributed by atoms with E-state index in [1.165, 1.54) is 18.2 Å².